The number of hydrogen-bond acceptors (Lipinski definition) is 2. The highest BCUT2D eigenvalue weighted by Crippen LogP contribution is 2.32. The topological polar surface area (TPSA) is 35.2 Å². The molecule has 0 bridgehead atoms. The van der Waals surface area contributed by atoms with E-state index in [-0.39, 0.29) is 5.54 Å². The van der Waals surface area contributed by atoms with E-state index in [9.17, 15) is 0 Å². The third-order valence-electron chi connectivity index (χ3n) is 4.15. The smallest absolute Gasteiger partial charge is 0.0494 e. The molecule has 1 aliphatic heterocycles. The van der Waals surface area contributed by atoms with Gasteiger partial charge in [-0.15, -0.1) is 0 Å². The molecular weight excluding hydrogens is 186 g/mol. The fourth-order valence-corrected chi connectivity index (χ4v) is 3.03. The Morgan fingerprint density at radius 3 is 2.60 bits per heavy atom. The number of nitrogens with two attached hydrogens (primary N) is 1. The highest BCUT2D eigenvalue weighted by atomic mass is 16.5. The van der Waals surface area contributed by atoms with Gasteiger partial charge in [0.1, 0.15) is 0 Å². The average molecular weight is 211 g/mol. The summed E-state index contributed by atoms with van der Waals surface area (Å²) in [5.41, 5.74) is 6.61. The van der Waals surface area contributed by atoms with Crippen molar-refractivity contribution in [3.8, 4) is 0 Å². The summed E-state index contributed by atoms with van der Waals surface area (Å²) in [6, 6.07) is 0. The largest absolute Gasteiger partial charge is 0.381 e. The molecule has 2 heteroatoms. The van der Waals surface area contributed by atoms with E-state index in [1.807, 2.05) is 0 Å². The van der Waals surface area contributed by atoms with Crippen LogP contribution >= 0.6 is 0 Å². The van der Waals surface area contributed by atoms with Gasteiger partial charge in [0, 0.05) is 18.8 Å². The van der Waals surface area contributed by atoms with Crippen LogP contribution in [0.4, 0.5) is 0 Å². The molecule has 0 aromatic heterocycles. The minimum atomic E-state index is 0.176. The molecule has 15 heavy (non-hydrogen) atoms. The summed E-state index contributed by atoms with van der Waals surface area (Å²) >= 11 is 0. The van der Waals surface area contributed by atoms with Crippen LogP contribution in [0.15, 0.2) is 0 Å². The van der Waals surface area contributed by atoms with Crippen LogP contribution < -0.4 is 5.73 Å². The third kappa shape index (κ3) is 3.46. The molecule has 0 aromatic carbocycles. The van der Waals surface area contributed by atoms with Gasteiger partial charge in [0.25, 0.3) is 0 Å². The van der Waals surface area contributed by atoms with Crippen molar-refractivity contribution in [2.45, 2.75) is 63.3 Å². The zero-order valence-corrected chi connectivity index (χ0v) is 9.84. The van der Waals surface area contributed by atoms with Crippen LogP contribution in [0.25, 0.3) is 0 Å². The Bertz CT molecular complexity index is 181. The van der Waals surface area contributed by atoms with E-state index in [1.54, 1.807) is 0 Å². The molecule has 2 aliphatic rings. The van der Waals surface area contributed by atoms with Crippen molar-refractivity contribution < 1.29 is 4.74 Å². The second-order valence-corrected chi connectivity index (χ2v) is 5.54. The van der Waals surface area contributed by atoms with E-state index in [2.05, 4.69) is 0 Å². The first-order valence-corrected chi connectivity index (χ1v) is 6.65. The lowest BCUT2D eigenvalue weighted by molar-refractivity contribution is 0.0473. The maximum Gasteiger partial charge on any atom is 0.0494 e. The van der Waals surface area contributed by atoms with Crippen molar-refractivity contribution in [1.29, 1.82) is 0 Å². The maximum atomic E-state index is 6.44. The standard InChI is InChI=1S/C13H25NO/c14-13(7-2-1-3-8-13)9-6-12-5-4-10-15-11-12/h12H,1-11,14H2. The fourth-order valence-electron chi connectivity index (χ4n) is 3.03. The van der Waals surface area contributed by atoms with E-state index < -0.39 is 0 Å². The van der Waals surface area contributed by atoms with Crippen LogP contribution in [0.1, 0.15) is 57.8 Å². The molecule has 1 saturated carbocycles. The summed E-state index contributed by atoms with van der Waals surface area (Å²) in [4.78, 5) is 0. The molecule has 0 radical (unpaired) electrons. The van der Waals surface area contributed by atoms with Gasteiger partial charge < -0.3 is 10.5 Å². The molecule has 2 rings (SSSR count). The van der Waals surface area contributed by atoms with Gasteiger partial charge >= 0.3 is 0 Å². The van der Waals surface area contributed by atoms with Crippen LogP contribution in [0.5, 0.6) is 0 Å². The molecule has 1 saturated heterocycles. The predicted molar refractivity (Wildman–Crippen MR) is 62.8 cm³/mol. The van der Waals surface area contributed by atoms with Crippen LogP contribution in [0.2, 0.25) is 0 Å². The second-order valence-electron chi connectivity index (χ2n) is 5.54. The van der Waals surface area contributed by atoms with Gasteiger partial charge in [-0.3, -0.25) is 0 Å². The first-order chi connectivity index (χ1) is 7.29. The summed E-state index contributed by atoms with van der Waals surface area (Å²) in [6.45, 7) is 1.96. The van der Waals surface area contributed by atoms with Gasteiger partial charge in [0.05, 0.1) is 0 Å². The van der Waals surface area contributed by atoms with Crippen LogP contribution in [-0.2, 0) is 4.74 Å². The van der Waals surface area contributed by atoms with Crippen molar-refractivity contribution in [3.05, 3.63) is 0 Å². The Kier molecular flexibility index (Phi) is 4.04. The second kappa shape index (κ2) is 5.31. The molecule has 2 fully saturated rings. The van der Waals surface area contributed by atoms with Gasteiger partial charge in [-0.2, -0.15) is 0 Å². The Hall–Kier alpha value is -0.0800. The van der Waals surface area contributed by atoms with E-state index in [0.29, 0.717) is 0 Å². The Morgan fingerprint density at radius 1 is 1.13 bits per heavy atom. The van der Waals surface area contributed by atoms with Crippen molar-refractivity contribution >= 4 is 0 Å². The average Bonchev–Trinajstić information content (AvgIpc) is 2.29. The first kappa shape index (κ1) is 11.4. The van der Waals surface area contributed by atoms with Crippen molar-refractivity contribution in [2.24, 2.45) is 11.7 Å². The Balaban J connectivity index is 1.70. The highest BCUT2D eigenvalue weighted by Gasteiger charge is 2.28. The van der Waals surface area contributed by atoms with Crippen molar-refractivity contribution in [3.63, 3.8) is 0 Å². The molecule has 1 heterocycles. The first-order valence-electron chi connectivity index (χ1n) is 6.65. The van der Waals surface area contributed by atoms with Crippen LogP contribution in [0.3, 0.4) is 0 Å². The van der Waals surface area contributed by atoms with E-state index in [0.717, 1.165) is 19.1 Å². The number of rotatable bonds is 3. The fraction of sp³-hybridized carbons (Fsp3) is 1.00. The Morgan fingerprint density at radius 2 is 1.93 bits per heavy atom. The summed E-state index contributed by atoms with van der Waals surface area (Å²) < 4.78 is 5.51. The predicted octanol–water partition coefficient (Wildman–Crippen LogP) is 2.85. The SMILES string of the molecule is NC1(CCC2CCCOC2)CCCCC1. The molecule has 88 valence electrons. The van der Waals surface area contributed by atoms with Crippen LogP contribution in [-0.4, -0.2) is 18.8 Å². The summed E-state index contributed by atoms with van der Waals surface area (Å²) in [5.74, 6) is 0.793. The normalized spacial score (nSPS) is 31.4. The molecule has 1 unspecified atom stereocenters. The van der Waals surface area contributed by atoms with E-state index >= 15 is 0 Å². The summed E-state index contributed by atoms with van der Waals surface area (Å²) in [7, 11) is 0. The lowest BCUT2D eigenvalue weighted by Crippen LogP contribution is -2.42. The number of hydrogen-bond donors (Lipinski definition) is 1. The molecule has 0 aromatic rings. The minimum Gasteiger partial charge on any atom is -0.381 e. The third-order valence-corrected chi connectivity index (χ3v) is 4.15. The minimum absolute atomic E-state index is 0.176. The monoisotopic (exact) mass is 211 g/mol. The summed E-state index contributed by atoms with van der Waals surface area (Å²) in [5, 5.41) is 0. The van der Waals surface area contributed by atoms with E-state index in [1.165, 1.54) is 57.8 Å². The van der Waals surface area contributed by atoms with Crippen molar-refractivity contribution in [2.75, 3.05) is 13.2 Å². The lowest BCUT2D eigenvalue weighted by atomic mass is 9.77. The quantitative estimate of drug-likeness (QED) is 0.779. The molecule has 0 spiro atoms. The lowest BCUT2D eigenvalue weighted by Gasteiger charge is -2.35. The summed E-state index contributed by atoms with van der Waals surface area (Å²) in [6.07, 6.45) is 11.7. The molecule has 2 nitrogen and oxygen atoms in total. The molecule has 1 atom stereocenters. The van der Waals surface area contributed by atoms with Crippen molar-refractivity contribution in [1.82, 2.24) is 0 Å². The molecule has 0 amide bonds. The van der Waals surface area contributed by atoms with E-state index in [4.69, 9.17) is 10.5 Å². The number of ether oxygens (including phenoxy) is 1. The van der Waals surface area contributed by atoms with Gasteiger partial charge in [0.2, 0.25) is 0 Å². The molecule has 2 N–H and O–H groups in total. The Labute approximate surface area is 93.6 Å². The van der Waals surface area contributed by atoms with Gasteiger partial charge in [0.15, 0.2) is 0 Å². The van der Waals surface area contributed by atoms with Crippen LogP contribution in [0, 0.1) is 5.92 Å². The maximum absolute atomic E-state index is 6.44. The molecular formula is C13H25NO. The van der Waals surface area contributed by atoms with Gasteiger partial charge in [-0.1, -0.05) is 19.3 Å². The van der Waals surface area contributed by atoms with Gasteiger partial charge in [-0.25, -0.2) is 0 Å². The highest BCUT2D eigenvalue weighted by molar-refractivity contribution is 4.87. The zero-order valence-electron chi connectivity index (χ0n) is 9.84. The molecule has 1 aliphatic carbocycles. The van der Waals surface area contributed by atoms with Gasteiger partial charge in [-0.05, 0) is 44.4 Å². The zero-order chi connectivity index (χ0) is 10.6.